The lowest BCUT2D eigenvalue weighted by Crippen LogP contribution is -2.29. The molecule has 5 heteroatoms. The fourth-order valence-electron chi connectivity index (χ4n) is 2.22. The van der Waals surface area contributed by atoms with Crippen LogP contribution in [0, 0.1) is 10.1 Å². The lowest BCUT2D eigenvalue weighted by molar-refractivity contribution is -0.385. The van der Waals surface area contributed by atoms with Crippen LogP contribution in [-0.4, -0.2) is 22.9 Å². The maximum atomic E-state index is 10.9. The Morgan fingerprint density at radius 3 is 2.65 bits per heavy atom. The first-order valence-electron chi connectivity index (χ1n) is 5.82. The van der Waals surface area contributed by atoms with Crippen molar-refractivity contribution < 1.29 is 4.92 Å². The van der Waals surface area contributed by atoms with E-state index in [0.717, 1.165) is 23.1 Å². The van der Waals surface area contributed by atoms with Crippen LogP contribution < -0.4 is 0 Å². The molecule has 17 heavy (non-hydrogen) atoms. The zero-order chi connectivity index (χ0) is 12.3. The zero-order valence-electron chi connectivity index (χ0n) is 9.56. The molecule has 0 unspecified atom stereocenters. The third-order valence-corrected chi connectivity index (χ3v) is 3.57. The molecule has 0 amide bonds. The summed E-state index contributed by atoms with van der Waals surface area (Å²) in [5.74, 6) is 0. The maximum absolute atomic E-state index is 10.9. The summed E-state index contributed by atoms with van der Waals surface area (Å²) < 4.78 is 0.898. The highest BCUT2D eigenvalue weighted by atomic mass is 79.9. The number of nitrogens with zero attached hydrogens (tertiary/aromatic N) is 2. The number of rotatable bonds is 3. The third kappa shape index (κ3) is 3.26. The Labute approximate surface area is 109 Å². The highest BCUT2D eigenvalue weighted by Crippen LogP contribution is 2.25. The van der Waals surface area contributed by atoms with Gasteiger partial charge >= 0.3 is 0 Å². The minimum Gasteiger partial charge on any atom is -0.299 e. The average Bonchev–Trinajstić information content (AvgIpc) is 2.30. The molecule has 0 bridgehead atoms. The van der Waals surface area contributed by atoms with Crippen molar-refractivity contribution in [3.8, 4) is 0 Å². The molecule has 1 aromatic carbocycles. The van der Waals surface area contributed by atoms with Gasteiger partial charge in [-0.3, -0.25) is 15.0 Å². The Balaban J connectivity index is 2.17. The lowest BCUT2D eigenvalue weighted by atomic mass is 10.1. The second-order valence-corrected chi connectivity index (χ2v) is 5.28. The highest BCUT2D eigenvalue weighted by Gasteiger charge is 2.18. The molecule has 0 N–H and O–H groups in total. The summed E-state index contributed by atoms with van der Waals surface area (Å²) in [6, 6.07) is 5.15. The Kier molecular flexibility index (Phi) is 4.12. The van der Waals surface area contributed by atoms with Crippen LogP contribution in [0.5, 0.6) is 0 Å². The molecule has 0 radical (unpaired) electrons. The molecule has 0 aliphatic carbocycles. The third-order valence-electron chi connectivity index (χ3n) is 3.08. The molecule has 4 nitrogen and oxygen atoms in total. The summed E-state index contributed by atoms with van der Waals surface area (Å²) in [4.78, 5) is 12.9. The molecule has 1 aliphatic rings. The highest BCUT2D eigenvalue weighted by molar-refractivity contribution is 9.10. The number of benzene rings is 1. The molecule has 1 fully saturated rings. The van der Waals surface area contributed by atoms with E-state index >= 15 is 0 Å². The fourth-order valence-corrected chi connectivity index (χ4v) is 2.63. The monoisotopic (exact) mass is 298 g/mol. The van der Waals surface area contributed by atoms with Crippen LogP contribution >= 0.6 is 15.9 Å². The summed E-state index contributed by atoms with van der Waals surface area (Å²) >= 11 is 3.37. The van der Waals surface area contributed by atoms with E-state index in [0.29, 0.717) is 6.54 Å². The number of halogens is 1. The SMILES string of the molecule is O=[N+]([O-])c1ccc(Br)cc1CN1CCCCC1. The van der Waals surface area contributed by atoms with E-state index in [1.54, 1.807) is 12.1 Å². The van der Waals surface area contributed by atoms with E-state index in [-0.39, 0.29) is 10.6 Å². The van der Waals surface area contributed by atoms with Crippen molar-refractivity contribution in [3.63, 3.8) is 0 Å². The quantitative estimate of drug-likeness (QED) is 0.635. The summed E-state index contributed by atoms with van der Waals surface area (Å²) in [5.41, 5.74) is 1.02. The van der Waals surface area contributed by atoms with Gasteiger partial charge in [-0.15, -0.1) is 0 Å². The molecule has 0 spiro atoms. The van der Waals surface area contributed by atoms with E-state index < -0.39 is 0 Å². The summed E-state index contributed by atoms with van der Waals surface area (Å²) in [6.45, 7) is 2.77. The lowest BCUT2D eigenvalue weighted by Gasteiger charge is -2.26. The van der Waals surface area contributed by atoms with Crippen LogP contribution in [0.25, 0.3) is 0 Å². The average molecular weight is 299 g/mol. The van der Waals surface area contributed by atoms with Crippen molar-refractivity contribution >= 4 is 21.6 Å². The van der Waals surface area contributed by atoms with Gasteiger partial charge in [-0.2, -0.15) is 0 Å². The van der Waals surface area contributed by atoms with Gasteiger partial charge in [0.05, 0.1) is 4.92 Å². The van der Waals surface area contributed by atoms with Gasteiger partial charge in [-0.1, -0.05) is 22.4 Å². The van der Waals surface area contributed by atoms with Crippen LogP contribution in [0.1, 0.15) is 24.8 Å². The molecule has 1 heterocycles. The smallest absolute Gasteiger partial charge is 0.273 e. The van der Waals surface area contributed by atoms with Gasteiger partial charge in [-0.05, 0) is 38.1 Å². The number of likely N-dealkylation sites (tertiary alicyclic amines) is 1. The van der Waals surface area contributed by atoms with Crippen molar-refractivity contribution in [3.05, 3.63) is 38.3 Å². The first-order chi connectivity index (χ1) is 8.16. The van der Waals surface area contributed by atoms with Crippen molar-refractivity contribution in [1.29, 1.82) is 0 Å². The van der Waals surface area contributed by atoms with Gasteiger partial charge in [-0.25, -0.2) is 0 Å². The Morgan fingerprint density at radius 2 is 2.00 bits per heavy atom. The summed E-state index contributed by atoms with van der Waals surface area (Å²) in [7, 11) is 0. The first-order valence-corrected chi connectivity index (χ1v) is 6.61. The molecule has 0 aromatic heterocycles. The predicted molar refractivity (Wildman–Crippen MR) is 69.9 cm³/mol. The molecule has 1 aliphatic heterocycles. The molecular formula is C12H15BrN2O2. The van der Waals surface area contributed by atoms with Crippen LogP contribution in [0.4, 0.5) is 5.69 Å². The van der Waals surface area contributed by atoms with Crippen LogP contribution in [-0.2, 0) is 6.54 Å². The van der Waals surface area contributed by atoms with Gasteiger partial charge in [0.15, 0.2) is 0 Å². The van der Waals surface area contributed by atoms with Crippen LogP contribution in [0.2, 0.25) is 0 Å². The Hall–Kier alpha value is -0.940. The van der Waals surface area contributed by atoms with Crippen molar-refractivity contribution in [1.82, 2.24) is 4.90 Å². The van der Waals surface area contributed by atoms with Gasteiger partial charge in [0, 0.05) is 22.6 Å². The zero-order valence-corrected chi connectivity index (χ0v) is 11.1. The molecule has 92 valence electrons. The van der Waals surface area contributed by atoms with E-state index in [1.165, 1.54) is 19.3 Å². The first kappa shape index (κ1) is 12.5. The Morgan fingerprint density at radius 1 is 1.29 bits per heavy atom. The number of hydrogen-bond acceptors (Lipinski definition) is 3. The van der Waals surface area contributed by atoms with Gasteiger partial charge in [0.1, 0.15) is 0 Å². The number of piperidine rings is 1. The van der Waals surface area contributed by atoms with E-state index in [1.807, 2.05) is 6.07 Å². The molecule has 2 rings (SSSR count). The Bertz CT molecular complexity index is 417. The van der Waals surface area contributed by atoms with Crippen molar-refractivity contribution in [2.75, 3.05) is 13.1 Å². The maximum Gasteiger partial charge on any atom is 0.273 e. The molecule has 1 saturated heterocycles. The summed E-state index contributed by atoms with van der Waals surface area (Å²) in [6.07, 6.45) is 3.67. The normalized spacial score (nSPS) is 17.0. The van der Waals surface area contributed by atoms with E-state index in [2.05, 4.69) is 20.8 Å². The molecular weight excluding hydrogens is 284 g/mol. The molecule has 1 aromatic rings. The second kappa shape index (κ2) is 5.60. The minimum absolute atomic E-state index is 0.221. The van der Waals surface area contributed by atoms with E-state index in [9.17, 15) is 10.1 Å². The topological polar surface area (TPSA) is 46.4 Å². The number of nitro groups is 1. The van der Waals surface area contributed by atoms with Crippen molar-refractivity contribution in [2.45, 2.75) is 25.8 Å². The van der Waals surface area contributed by atoms with Crippen molar-refractivity contribution in [2.24, 2.45) is 0 Å². The number of nitro benzene ring substituents is 1. The largest absolute Gasteiger partial charge is 0.299 e. The van der Waals surface area contributed by atoms with Gasteiger partial charge in [0.25, 0.3) is 5.69 Å². The van der Waals surface area contributed by atoms with E-state index in [4.69, 9.17) is 0 Å². The standard InChI is InChI=1S/C12H15BrN2O2/c13-11-4-5-12(15(16)17)10(8-11)9-14-6-2-1-3-7-14/h4-5,8H,1-3,6-7,9H2. The second-order valence-electron chi connectivity index (χ2n) is 4.37. The summed E-state index contributed by atoms with van der Waals surface area (Å²) in [5, 5.41) is 10.9. The molecule has 0 atom stereocenters. The molecule has 0 saturated carbocycles. The minimum atomic E-state index is -0.300. The number of hydrogen-bond donors (Lipinski definition) is 0. The van der Waals surface area contributed by atoms with Crippen LogP contribution in [0.3, 0.4) is 0 Å². The fraction of sp³-hybridized carbons (Fsp3) is 0.500. The van der Waals surface area contributed by atoms with Crippen LogP contribution in [0.15, 0.2) is 22.7 Å². The van der Waals surface area contributed by atoms with Gasteiger partial charge < -0.3 is 0 Å². The predicted octanol–water partition coefficient (Wildman–Crippen LogP) is 3.34. The van der Waals surface area contributed by atoms with Gasteiger partial charge in [0.2, 0.25) is 0 Å².